The molecule has 1 aromatic heterocycles. The van der Waals surface area contributed by atoms with E-state index in [1.165, 1.54) is 19.0 Å². The molecule has 1 aliphatic rings. The molecule has 2 amide bonds. The van der Waals surface area contributed by atoms with E-state index in [0.29, 0.717) is 17.3 Å². The Morgan fingerprint density at radius 2 is 2.14 bits per heavy atom. The molecule has 0 saturated heterocycles. The zero-order chi connectivity index (χ0) is 15.4. The molecule has 0 spiro atoms. The van der Waals surface area contributed by atoms with Gasteiger partial charge < -0.3 is 15.3 Å². The topological polar surface area (TPSA) is 82.5 Å². The van der Waals surface area contributed by atoms with Gasteiger partial charge in [-0.3, -0.25) is 9.78 Å². The number of carbonyl (C=O) groups excluding carboxylic acids is 1. The number of aliphatic carboxylic acids is 1. The number of urea groups is 1. The molecule has 0 aromatic carbocycles. The second-order valence-corrected chi connectivity index (χ2v) is 5.73. The van der Waals surface area contributed by atoms with E-state index in [1.807, 2.05) is 18.7 Å². The Bertz CT molecular complexity index is 509. The summed E-state index contributed by atoms with van der Waals surface area (Å²) < 4.78 is 0. The van der Waals surface area contributed by atoms with Crippen molar-refractivity contribution in [1.29, 1.82) is 0 Å². The van der Waals surface area contributed by atoms with Gasteiger partial charge in [0.05, 0.1) is 24.0 Å². The monoisotopic (exact) mass is 291 g/mol. The average Bonchev–Trinajstić information content (AvgIpc) is 3.21. The van der Waals surface area contributed by atoms with Crippen molar-refractivity contribution in [2.24, 2.45) is 5.92 Å². The van der Waals surface area contributed by atoms with Gasteiger partial charge in [0.2, 0.25) is 0 Å². The molecule has 1 heterocycles. The summed E-state index contributed by atoms with van der Waals surface area (Å²) in [4.78, 5) is 28.7. The van der Waals surface area contributed by atoms with Crippen LogP contribution in [0.2, 0.25) is 0 Å². The normalized spacial score (nSPS) is 14.0. The van der Waals surface area contributed by atoms with E-state index in [0.717, 1.165) is 6.54 Å². The van der Waals surface area contributed by atoms with Gasteiger partial charge in [-0.1, -0.05) is 0 Å². The third-order valence-electron chi connectivity index (χ3n) is 3.44. The zero-order valence-corrected chi connectivity index (χ0v) is 12.4. The van der Waals surface area contributed by atoms with E-state index >= 15 is 0 Å². The van der Waals surface area contributed by atoms with Gasteiger partial charge in [-0.25, -0.2) is 4.79 Å². The highest BCUT2D eigenvalue weighted by Gasteiger charge is 2.28. The fourth-order valence-corrected chi connectivity index (χ4v) is 2.06. The summed E-state index contributed by atoms with van der Waals surface area (Å²) in [5.74, 6) is -0.288. The van der Waals surface area contributed by atoms with Crippen molar-refractivity contribution in [3.8, 4) is 0 Å². The summed E-state index contributed by atoms with van der Waals surface area (Å²) in [6, 6.07) is 3.30. The summed E-state index contributed by atoms with van der Waals surface area (Å²) >= 11 is 0. The van der Waals surface area contributed by atoms with Crippen molar-refractivity contribution in [3.63, 3.8) is 0 Å². The Hall–Kier alpha value is -2.11. The first kappa shape index (κ1) is 15.3. The molecule has 0 aliphatic heterocycles. The second kappa shape index (κ2) is 6.56. The number of hydrogen-bond acceptors (Lipinski definition) is 3. The third kappa shape index (κ3) is 4.73. The molecule has 1 aliphatic carbocycles. The number of carbonyl (C=O) groups is 2. The van der Waals surface area contributed by atoms with Crippen LogP contribution < -0.4 is 5.32 Å². The Morgan fingerprint density at radius 1 is 1.43 bits per heavy atom. The Labute approximate surface area is 124 Å². The lowest BCUT2D eigenvalue weighted by molar-refractivity contribution is -0.136. The molecule has 6 nitrogen and oxygen atoms in total. The number of carboxylic acid groups (broad SMARTS) is 1. The van der Waals surface area contributed by atoms with Crippen LogP contribution in [0.4, 0.5) is 10.5 Å². The van der Waals surface area contributed by atoms with Crippen molar-refractivity contribution in [2.45, 2.75) is 39.2 Å². The minimum Gasteiger partial charge on any atom is -0.481 e. The van der Waals surface area contributed by atoms with E-state index in [1.54, 1.807) is 12.1 Å². The minimum atomic E-state index is -0.922. The lowest BCUT2D eigenvalue weighted by Gasteiger charge is -2.27. The average molecular weight is 291 g/mol. The van der Waals surface area contributed by atoms with Crippen LogP contribution in [-0.4, -0.2) is 39.6 Å². The van der Waals surface area contributed by atoms with Crippen molar-refractivity contribution in [3.05, 3.63) is 24.0 Å². The van der Waals surface area contributed by atoms with Gasteiger partial charge >= 0.3 is 12.0 Å². The highest BCUT2D eigenvalue weighted by Crippen LogP contribution is 2.30. The second-order valence-electron chi connectivity index (χ2n) is 5.73. The molecule has 0 bridgehead atoms. The molecule has 2 rings (SSSR count). The number of amides is 2. The first-order valence-electron chi connectivity index (χ1n) is 7.20. The predicted molar refractivity (Wildman–Crippen MR) is 79.2 cm³/mol. The van der Waals surface area contributed by atoms with Crippen LogP contribution in [-0.2, 0) is 11.2 Å². The summed E-state index contributed by atoms with van der Waals surface area (Å²) in [5, 5.41) is 11.5. The standard InChI is InChI=1S/C15H21N3O3/c1-10(2)18(9-11-3-4-11)15(21)17-13-6-5-12(16-8-13)7-14(19)20/h5-6,8,10-11H,3-4,7,9H2,1-2H3,(H,17,21)(H,19,20). The van der Waals surface area contributed by atoms with E-state index in [-0.39, 0.29) is 18.5 Å². The minimum absolute atomic E-state index is 0.117. The van der Waals surface area contributed by atoms with Crippen LogP contribution in [0.25, 0.3) is 0 Å². The largest absolute Gasteiger partial charge is 0.481 e. The molecule has 0 unspecified atom stereocenters. The van der Waals surface area contributed by atoms with E-state index in [9.17, 15) is 9.59 Å². The van der Waals surface area contributed by atoms with E-state index in [4.69, 9.17) is 5.11 Å². The highest BCUT2D eigenvalue weighted by molar-refractivity contribution is 5.89. The molecular weight excluding hydrogens is 270 g/mol. The van der Waals surface area contributed by atoms with Gasteiger partial charge in [0.1, 0.15) is 0 Å². The Morgan fingerprint density at radius 3 is 2.62 bits per heavy atom. The molecule has 21 heavy (non-hydrogen) atoms. The lowest BCUT2D eigenvalue weighted by atomic mass is 10.2. The van der Waals surface area contributed by atoms with E-state index < -0.39 is 5.97 Å². The van der Waals surface area contributed by atoms with Crippen LogP contribution in [0, 0.1) is 5.92 Å². The summed E-state index contributed by atoms with van der Waals surface area (Å²) in [7, 11) is 0. The first-order chi connectivity index (χ1) is 9.95. The molecule has 0 radical (unpaired) electrons. The van der Waals surface area contributed by atoms with Gasteiger partial charge in [0, 0.05) is 12.6 Å². The molecule has 114 valence electrons. The van der Waals surface area contributed by atoms with Crippen molar-refractivity contribution in [1.82, 2.24) is 9.88 Å². The molecule has 6 heteroatoms. The highest BCUT2D eigenvalue weighted by atomic mass is 16.4. The summed E-state index contributed by atoms with van der Waals surface area (Å²) in [5.41, 5.74) is 1.05. The summed E-state index contributed by atoms with van der Waals surface area (Å²) in [6.07, 6.45) is 3.77. The Kier molecular flexibility index (Phi) is 4.77. The molecule has 1 aromatic rings. The predicted octanol–water partition coefficient (Wildman–Crippen LogP) is 2.36. The smallest absolute Gasteiger partial charge is 0.322 e. The maximum atomic E-state index is 12.3. The SMILES string of the molecule is CC(C)N(CC1CC1)C(=O)Nc1ccc(CC(=O)O)nc1. The fourth-order valence-electron chi connectivity index (χ4n) is 2.06. The number of aromatic nitrogens is 1. The molecule has 2 N–H and O–H groups in total. The maximum absolute atomic E-state index is 12.3. The molecule has 1 fully saturated rings. The first-order valence-corrected chi connectivity index (χ1v) is 7.20. The van der Waals surface area contributed by atoms with E-state index in [2.05, 4.69) is 10.3 Å². The molecular formula is C15H21N3O3. The van der Waals surface area contributed by atoms with Crippen LogP contribution >= 0.6 is 0 Å². The van der Waals surface area contributed by atoms with Gasteiger partial charge in [-0.15, -0.1) is 0 Å². The quantitative estimate of drug-likeness (QED) is 0.843. The van der Waals surface area contributed by atoms with Crippen LogP contribution in [0.15, 0.2) is 18.3 Å². The number of nitrogens with zero attached hydrogens (tertiary/aromatic N) is 2. The van der Waals surface area contributed by atoms with Gasteiger partial charge in [0.15, 0.2) is 0 Å². The van der Waals surface area contributed by atoms with Crippen LogP contribution in [0.3, 0.4) is 0 Å². The zero-order valence-electron chi connectivity index (χ0n) is 12.4. The fraction of sp³-hybridized carbons (Fsp3) is 0.533. The number of rotatable bonds is 6. The maximum Gasteiger partial charge on any atom is 0.322 e. The number of pyridine rings is 1. The van der Waals surface area contributed by atoms with Crippen molar-refractivity contribution >= 4 is 17.7 Å². The molecule has 1 saturated carbocycles. The van der Waals surface area contributed by atoms with Gasteiger partial charge in [0.25, 0.3) is 0 Å². The van der Waals surface area contributed by atoms with Crippen molar-refractivity contribution < 1.29 is 14.7 Å². The van der Waals surface area contributed by atoms with Crippen LogP contribution in [0.1, 0.15) is 32.4 Å². The number of nitrogens with one attached hydrogen (secondary N) is 1. The Balaban J connectivity index is 1.95. The van der Waals surface area contributed by atoms with Crippen molar-refractivity contribution in [2.75, 3.05) is 11.9 Å². The third-order valence-corrected chi connectivity index (χ3v) is 3.44. The van der Waals surface area contributed by atoms with Gasteiger partial charge in [-0.2, -0.15) is 0 Å². The number of anilines is 1. The molecule has 0 atom stereocenters. The van der Waals surface area contributed by atoms with Crippen LogP contribution in [0.5, 0.6) is 0 Å². The van der Waals surface area contributed by atoms with Gasteiger partial charge in [-0.05, 0) is 44.7 Å². The number of carboxylic acids is 1. The lowest BCUT2D eigenvalue weighted by Crippen LogP contribution is -2.41. The number of hydrogen-bond donors (Lipinski definition) is 2. The summed E-state index contributed by atoms with van der Waals surface area (Å²) in [6.45, 7) is 4.78.